The Kier molecular flexibility index (Phi) is 3.74. The number of hydrogen-bond donors (Lipinski definition) is 1. The molecule has 2 nitrogen and oxygen atoms in total. The van der Waals surface area contributed by atoms with Crippen LogP contribution in [-0.4, -0.2) is 19.2 Å². The van der Waals surface area contributed by atoms with Crippen molar-refractivity contribution in [1.29, 1.82) is 0 Å². The molecule has 104 valence electrons. The molecule has 0 amide bonds. The van der Waals surface area contributed by atoms with E-state index < -0.39 is 0 Å². The molecule has 1 unspecified atom stereocenters. The van der Waals surface area contributed by atoms with E-state index in [0.29, 0.717) is 17.9 Å². The molecule has 2 aliphatic rings. The maximum atomic E-state index is 13.3. The minimum Gasteiger partial charge on any atom is -0.490 e. The van der Waals surface area contributed by atoms with Crippen LogP contribution in [0.4, 0.5) is 4.39 Å². The van der Waals surface area contributed by atoms with Crippen molar-refractivity contribution in [2.75, 3.05) is 13.1 Å². The highest BCUT2D eigenvalue weighted by atomic mass is 19.1. The van der Waals surface area contributed by atoms with Crippen LogP contribution in [0.2, 0.25) is 0 Å². The van der Waals surface area contributed by atoms with Crippen molar-refractivity contribution in [1.82, 2.24) is 5.32 Å². The summed E-state index contributed by atoms with van der Waals surface area (Å²) in [7, 11) is 0. The van der Waals surface area contributed by atoms with Gasteiger partial charge in [-0.05, 0) is 61.9 Å². The predicted octanol–water partition coefficient (Wildman–Crippen LogP) is 3.16. The summed E-state index contributed by atoms with van der Waals surface area (Å²) < 4.78 is 19.6. The number of halogens is 1. The SMILES string of the molecule is CCc1cc(F)ccc1OC(C1CC1)[C@H]1CCNC1. The second kappa shape index (κ2) is 5.49. The van der Waals surface area contributed by atoms with Gasteiger partial charge in [-0.1, -0.05) is 6.92 Å². The van der Waals surface area contributed by atoms with Crippen molar-refractivity contribution >= 4 is 0 Å². The molecule has 2 atom stereocenters. The predicted molar refractivity (Wildman–Crippen MR) is 73.9 cm³/mol. The van der Waals surface area contributed by atoms with Crippen molar-refractivity contribution in [3.8, 4) is 5.75 Å². The van der Waals surface area contributed by atoms with Crippen molar-refractivity contribution in [3.05, 3.63) is 29.6 Å². The summed E-state index contributed by atoms with van der Waals surface area (Å²) in [5, 5.41) is 3.42. The monoisotopic (exact) mass is 263 g/mol. The Bertz CT molecular complexity index is 438. The Morgan fingerprint density at radius 1 is 1.32 bits per heavy atom. The fraction of sp³-hybridized carbons (Fsp3) is 0.625. The third-order valence-electron chi connectivity index (χ3n) is 4.32. The summed E-state index contributed by atoms with van der Waals surface area (Å²) in [5.74, 6) is 2.03. The summed E-state index contributed by atoms with van der Waals surface area (Å²) in [6, 6.07) is 4.91. The van der Waals surface area contributed by atoms with Crippen molar-refractivity contribution in [2.45, 2.75) is 38.7 Å². The third kappa shape index (κ3) is 2.92. The topological polar surface area (TPSA) is 21.3 Å². The van der Waals surface area contributed by atoms with Crippen LogP contribution in [0, 0.1) is 17.7 Å². The van der Waals surface area contributed by atoms with Gasteiger partial charge >= 0.3 is 0 Å². The van der Waals surface area contributed by atoms with E-state index in [0.717, 1.165) is 30.8 Å². The van der Waals surface area contributed by atoms with E-state index in [1.54, 1.807) is 12.1 Å². The van der Waals surface area contributed by atoms with Gasteiger partial charge in [0.1, 0.15) is 17.7 Å². The van der Waals surface area contributed by atoms with Crippen molar-refractivity contribution < 1.29 is 9.13 Å². The second-order valence-electron chi connectivity index (χ2n) is 5.78. The lowest BCUT2D eigenvalue weighted by molar-refractivity contribution is 0.119. The highest BCUT2D eigenvalue weighted by molar-refractivity contribution is 5.34. The molecule has 1 saturated heterocycles. The summed E-state index contributed by atoms with van der Waals surface area (Å²) in [6.45, 7) is 4.20. The molecule has 1 N–H and O–H groups in total. The molecule has 1 aliphatic heterocycles. The molecule has 1 aromatic carbocycles. The molecule has 1 aromatic rings. The van der Waals surface area contributed by atoms with Crippen LogP contribution >= 0.6 is 0 Å². The van der Waals surface area contributed by atoms with Crippen LogP contribution < -0.4 is 10.1 Å². The summed E-state index contributed by atoms with van der Waals surface area (Å²) in [4.78, 5) is 0. The zero-order valence-electron chi connectivity index (χ0n) is 11.5. The molecule has 2 fully saturated rings. The van der Waals surface area contributed by atoms with E-state index in [9.17, 15) is 4.39 Å². The lowest BCUT2D eigenvalue weighted by atomic mass is 9.97. The Hall–Kier alpha value is -1.09. The van der Waals surface area contributed by atoms with Gasteiger partial charge in [0, 0.05) is 12.5 Å². The van der Waals surface area contributed by atoms with Gasteiger partial charge in [-0.15, -0.1) is 0 Å². The van der Waals surface area contributed by atoms with Gasteiger partial charge in [0.05, 0.1) is 0 Å². The molecule has 1 saturated carbocycles. The number of nitrogens with one attached hydrogen (secondary N) is 1. The Labute approximate surface area is 114 Å². The number of ether oxygens (including phenoxy) is 1. The first kappa shape index (κ1) is 12.9. The number of hydrogen-bond acceptors (Lipinski definition) is 2. The Morgan fingerprint density at radius 3 is 2.79 bits per heavy atom. The highest BCUT2D eigenvalue weighted by Gasteiger charge is 2.39. The largest absolute Gasteiger partial charge is 0.490 e. The third-order valence-corrected chi connectivity index (χ3v) is 4.32. The second-order valence-corrected chi connectivity index (χ2v) is 5.78. The van der Waals surface area contributed by atoms with Crippen molar-refractivity contribution in [2.24, 2.45) is 11.8 Å². The van der Waals surface area contributed by atoms with Gasteiger partial charge in [0.25, 0.3) is 0 Å². The first-order valence-corrected chi connectivity index (χ1v) is 7.43. The minimum absolute atomic E-state index is 0.172. The van der Waals surface area contributed by atoms with Crippen LogP contribution in [0.5, 0.6) is 5.75 Å². The first-order chi connectivity index (χ1) is 9.28. The zero-order valence-corrected chi connectivity index (χ0v) is 11.5. The molecule has 19 heavy (non-hydrogen) atoms. The number of benzene rings is 1. The fourth-order valence-corrected chi connectivity index (χ4v) is 3.05. The number of rotatable bonds is 5. The first-order valence-electron chi connectivity index (χ1n) is 7.43. The molecule has 0 spiro atoms. The van der Waals surface area contributed by atoms with Gasteiger partial charge in [0.15, 0.2) is 0 Å². The lowest BCUT2D eigenvalue weighted by Gasteiger charge is -2.25. The molecule has 1 aliphatic carbocycles. The smallest absolute Gasteiger partial charge is 0.123 e. The minimum atomic E-state index is -0.172. The highest BCUT2D eigenvalue weighted by Crippen LogP contribution is 2.40. The molecule has 3 rings (SSSR count). The standard InChI is InChI=1S/C16H22FNO/c1-2-11-9-14(17)5-6-15(11)19-16(12-3-4-12)13-7-8-18-10-13/h5-6,9,12-13,16,18H,2-4,7-8,10H2,1H3/t13-,16?/m0/s1. The molecule has 3 heteroatoms. The van der Waals surface area contributed by atoms with E-state index in [1.807, 2.05) is 6.92 Å². The average Bonchev–Trinajstić information content (AvgIpc) is 3.11. The van der Waals surface area contributed by atoms with Crippen LogP contribution in [0.25, 0.3) is 0 Å². The molecule has 1 heterocycles. The molecule has 0 aromatic heterocycles. The van der Waals surface area contributed by atoms with Crippen LogP contribution in [-0.2, 0) is 6.42 Å². The van der Waals surface area contributed by atoms with Gasteiger partial charge in [-0.25, -0.2) is 4.39 Å². The van der Waals surface area contributed by atoms with Crippen molar-refractivity contribution in [3.63, 3.8) is 0 Å². The molecular formula is C16H22FNO. The van der Waals surface area contributed by atoms with E-state index in [2.05, 4.69) is 5.32 Å². The maximum Gasteiger partial charge on any atom is 0.123 e. The van der Waals surface area contributed by atoms with E-state index in [-0.39, 0.29) is 5.82 Å². The van der Waals surface area contributed by atoms with Gasteiger partial charge < -0.3 is 10.1 Å². The summed E-state index contributed by atoms with van der Waals surface area (Å²) >= 11 is 0. The summed E-state index contributed by atoms with van der Waals surface area (Å²) in [6.07, 6.45) is 4.89. The van der Waals surface area contributed by atoms with Gasteiger partial charge in [-0.3, -0.25) is 0 Å². The summed E-state index contributed by atoms with van der Waals surface area (Å²) in [5.41, 5.74) is 0.983. The zero-order chi connectivity index (χ0) is 13.2. The van der Waals surface area contributed by atoms with Crippen LogP contribution in [0.3, 0.4) is 0 Å². The quantitative estimate of drug-likeness (QED) is 0.881. The van der Waals surface area contributed by atoms with Gasteiger partial charge in [-0.2, -0.15) is 0 Å². The lowest BCUT2D eigenvalue weighted by Crippen LogP contribution is -2.31. The van der Waals surface area contributed by atoms with E-state index >= 15 is 0 Å². The molecule has 0 radical (unpaired) electrons. The normalized spacial score (nSPS) is 24.4. The number of aryl methyl sites for hydroxylation is 1. The Morgan fingerprint density at radius 2 is 2.16 bits per heavy atom. The van der Waals surface area contributed by atoms with Crippen LogP contribution in [0.15, 0.2) is 18.2 Å². The fourth-order valence-electron chi connectivity index (χ4n) is 3.05. The molecule has 0 bridgehead atoms. The maximum absolute atomic E-state index is 13.3. The van der Waals surface area contributed by atoms with E-state index in [1.165, 1.54) is 25.3 Å². The van der Waals surface area contributed by atoms with E-state index in [4.69, 9.17) is 4.74 Å². The van der Waals surface area contributed by atoms with Crippen LogP contribution in [0.1, 0.15) is 31.7 Å². The average molecular weight is 263 g/mol. The Balaban J connectivity index is 1.77. The van der Waals surface area contributed by atoms with Gasteiger partial charge in [0.2, 0.25) is 0 Å². The molecular weight excluding hydrogens is 241 g/mol.